The Morgan fingerprint density at radius 3 is 2.76 bits per heavy atom. The van der Waals surface area contributed by atoms with Gasteiger partial charge in [0.05, 0.1) is 17.7 Å². The molecule has 2 aromatic heterocycles. The first-order valence-electron chi connectivity index (χ1n) is 10.4. The highest BCUT2D eigenvalue weighted by atomic mass is 16.7. The molecule has 3 N–H and O–H groups in total. The second kappa shape index (κ2) is 9.30. The Kier molecular flexibility index (Phi) is 6.87. The van der Waals surface area contributed by atoms with Crippen LogP contribution in [0.25, 0.3) is 5.52 Å². The number of aliphatic hydroxyl groups is 1. The molecule has 4 atom stereocenters. The van der Waals surface area contributed by atoms with Gasteiger partial charge in [0, 0.05) is 6.42 Å². The van der Waals surface area contributed by atoms with Gasteiger partial charge in [0.15, 0.2) is 18.7 Å². The highest BCUT2D eigenvalue weighted by Gasteiger charge is 2.59. The number of carbonyl (C=O) groups is 2. The standard InChI is InChI=1S/C21H27N5O7/c1-5-15(27)32-16-13(8-30-11-31-19(29)20(2,3)4)33-21(9-22,17(16)28)14-7-6-12-18(23)24-10-25-26(12)14/h6-7,10,13,16-17,28H,5,8,11H2,1-4H3,(H2,23,24,25)/t13-,16-,17-,21+/m1/s1. The van der Waals surface area contributed by atoms with Crippen LogP contribution in [-0.2, 0) is 34.1 Å². The van der Waals surface area contributed by atoms with Gasteiger partial charge in [0.2, 0.25) is 5.60 Å². The van der Waals surface area contributed by atoms with Crippen molar-refractivity contribution in [3.05, 3.63) is 24.2 Å². The van der Waals surface area contributed by atoms with E-state index in [1.54, 1.807) is 33.8 Å². The fourth-order valence-corrected chi connectivity index (χ4v) is 3.39. The lowest BCUT2D eigenvalue weighted by atomic mass is 9.92. The second-order valence-corrected chi connectivity index (χ2v) is 8.59. The van der Waals surface area contributed by atoms with Crippen LogP contribution in [0.5, 0.6) is 0 Å². The van der Waals surface area contributed by atoms with E-state index in [1.165, 1.54) is 16.9 Å². The van der Waals surface area contributed by atoms with E-state index in [2.05, 4.69) is 10.1 Å². The van der Waals surface area contributed by atoms with Gasteiger partial charge in [-0.25, -0.2) is 9.50 Å². The molecule has 3 heterocycles. The summed E-state index contributed by atoms with van der Waals surface area (Å²) in [5.74, 6) is -0.884. The number of carbonyl (C=O) groups excluding carboxylic acids is 2. The summed E-state index contributed by atoms with van der Waals surface area (Å²) in [6.45, 7) is 6.10. The number of nitrogens with two attached hydrogens (primary N) is 1. The van der Waals surface area contributed by atoms with Crippen LogP contribution in [0.1, 0.15) is 39.8 Å². The fourth-order valence-electron chi connectivity index (χ4n) is 3.39. The van der Waals surface area contributed by atoms with Gasteiger partial charge in [0.1, 0.15) is 30.1 Å². The lowest BCUT2D eigenvalue weighted by Crippen LogP contribution is -2.43. The molecule has 1 aliphatic heterocycles. The summed E-state index contributed by atoms with van der Waals surface area (Å²) in [5.41, 5.74) is 3.81. The van der Waals surface area contributed by atoms with Gasteiger partial charge in [-0.1, -0.05) is 6.92 Å². The van der Waals surface area contributed by atoms with Crippen molar-refractivity contribution < 1.29 is 33.6 Å². The number of aliphatic hydroxyl groups excluding tert-OH is 1. The van der Waals surface area contributed by atoms with Crippen LogP contribution >= 0.6 is 0 Å². The molecule has 1 saturated heterocycles. The first-order valence-corrected chi connectivity index (χ1v) is 10.4. The van der Waals surface area contributed by atoms with E-state index in [1.807, 2.05) is 6.07 Å². The molecule has 0 radical (unpaired) electrons. The van der Waals surface area contributed by atoms with Crippen LogP contribution in [0.4, 0.5) is 5.82 Å². The van der Waals surface area contributed by atoms with Crippen LogP contribution in [0.3, 0.4) is 0 Å². The Labute approximate surface area is 190 Å². The van der Waals surface area contributed by atoms with Gasteiger partial charge in [-0.05, 0) is 32.9 Å². The smallest absolute Gasteiger partial charge is 0.313 e. The molecule has 0 unspecified atom stereocenters. The van der Waals surface area contributed by atoms with E-state index >= 15 is 0 Å². The third kappa shape index (κ3) is 4.61. The van der Waals surface area contributed by atoms with Crippen molar-refractivity contribution in [3.8, 4) is 6.07 Å². The third-order valence-electron chi connectivity index (χ3n) is 5.18. The summed E-state index contributed by atoms with van der Waals surface area (Å²) in [6.07, 6.45) is -2.57. The average Bonchev–Trinajstić information content (AvgIpc) is 3.32. The zero-order valence-corrected chi connectivity index (χ0v) is 18.8. The first-order chi connectivity index (χ1) is 15.5. The minimum absolute atomic E-state index is 0.0529. The molecule has 3 rings (SSSR count). The molecule has 12 heteroatoms. The highest BCUT2D eigenvalue weighted by molar-refractivity contribution is 5.75. The van der Waals surface area contributed by atoms with Crippen molar-refractivity contribution in [1.82, 2.24) is 14.6 Å². The lowest BCUT2D eigenvalue weighted by molar-refractivity contribution is -0.172. The van der Waals surface area contributed by atoms with Gasteiger partial charge in [-0.3, -0.25) is 9.59 Å². The van der Waals surface area contributed by atoms with Gasteiger partial charge in [-0.2, -0.15) is 10.4 Å². The SMILES string of the molecule is CCC(=O)O[C@H]1[C@@H](O)[C@](C#N)(c2ccc3c(N)ncnn23)O[C@@H]1COCOC(=O)C(C)(C)C. The molecule has 1 aliphatic rings. The monoisotopic (exact) mass is 461 g/mol. The van der Waals surface area contributed by atoms with Crippen molar-refractivity contribution in [2.24, 2.45) is 5.41 Å². The number of nitrogen functional groups attached to an aromatic ring is 1. The van der Waals surface area contributed by atoms with Gasteiger partial charge in [0.25, 0.3) is 0 Å². The molecule has 0 amide bonds. The quantitative estimate of drug-likeness (QED) is 0.337. The largest absolute Gasteiger partial charge is 0.457 e. The second-order valence-electron chi connectivity index (χ2n) is 8.59. The molecule has 1 fully saturated rings. The molecular formula is C21H27N5O7. The van der Waals surface area contributed by atoms with E-state index in [0.29, 0.717) is 5.52 Å². The molecule has 0 saturated carbocycles. The van der Waals surface area contributed by atoms with E-state index in [9.17, 15) is 20.0 Å². The summed E-state index contributed by atoms with van der Waals surface area (Å²) in [6, 6.07) is 5.11. The van der Waals surface area contributed by atoms with Crippen LogP contribution in [0, 0.1) is 16.7 Å². The Morgan fingerprint density at radius 2 is 2.12 bits per heavy atom. The van der Waals surface area contributed by atoms with Crippen LogP contribution in [0.15, 0.2) is 18.5 Å². The topological polar surface area (TPSA) is 171 Å². The van der Waals surface area contributed by atoms with E-state index in [-0.39, 0.29) is 31.3 Å². The van der Waals surface area contributed by atoms with Crippen LogP contribution in [0.2, 0.25) is 0 Å². The predicted molar refractivity (Wildman–Crippen MR) is 112 cm³/mol. The molecule has 0 aliphatic carbocycles. The summed E-state index contributed by atoms with van der Waals surface area (Å²) >= 11 is 0. The molecule has 0 aromatic carbocycles. The van der Waals surface area contributed by atoms with E-state index < -0.39 is 41.3 Å². The summed E-state index contributed by atoms with van der Waals surface area (Å²) in [5, 5.41) is 25.3. The number of fused-ring (bicyclic) bond motifs is 1. The predicted octanol–water partition coefficient (Wildman–Crippen LogP) is 0.675. The number of anilines is 1. The Morgan fingerprint density at radius 1 is 1.39 bits per heavy atom. The Hall–Kier alpha value is -3.27. The molecule has 2 aromatic rings. The summed E-state index contributed by atoms with van der Waals surface area (Å²) < 4.78 is 23.2. The van der Waals surface area contributed by atoms with Crippen molar-refractivity contribution in [3.63, 3.8) is 0 Å². The molecule has 12 nitrogen and oxygen atoms in total. The van der Waals surface area contributed by atoms with Crippen molar-refractivity contribution in [1.29, 1.82) is 5.26 Å². The Balaban J connectivity index is 1.87. The number of ether oxygens (including phenoxy) is 4. The highest BCUT2D eigenvalue weighted by Crippen LogP contribution is 2.41. The molecule has 0 spiro atoms. The number of esters is 2. The number of aromatic nitrogens is 3. The molecular weight excluding hydrogens is 434 g/mol. The van der Waals surface area contributed by atoms with Crippen molar-refractivity contribution in [2.75, 3.05) is 19.1 Å². The van der Waals surface area contributed by atoms with Crippen molar-refractivity contribution in [2.45, 2.75) is 58.0 Å². The van der Waals surface area contributed by atoms with Gasteiger partial charge in [-0.15, -0.1) is 0 Å². The number of nitriles is 1. The number of nitrogens with zero attached hydrogens (tertiary/aromatic N) is 4. The normalized spacial score (nSPS) is 25.0. The molecule has 33 heavy (non-hydrogen) atoms. The van der Waals surface area contributed by atoms with Gasteiger partial charge < -0.3 is 29.8 Å². The number of rotatable bonds is 7. The zero-order valence-electron chi connectivity index (χ0n) is 18.8. The Bertz CT molecular complexity index is 1070. The van der Waals surface area contributed by atoms with Crippen LogP contribution in [-0.4, -0.2) is 63.4 Å². The minimum atomic E-state index is -1.94. The molecule has 178 valence electrons. The first kappa shape index (κ1) is 24.4. The maximum atomic E-state index is 12.0. The fraction of sp³-hybridized carbons (Fsp3) is 0.571. The minimum Gasteiger partial charge on any atom is -0.457 e. The molecule has 0 bridgehead atoms. The van der Waals surface area contributed by atoms with Crippen LogP contribution < -0.4 is 5.73 Å². The van der Waals surface area contributed by atoms with Gasteiger partial charge >= 0.3 is 11.9 Å². The third-order valence-corrected chi connectivity index (χ3v) is 5.18. The maximum Gasteiger partial charge on any atom is 0.313 e. The number of hydrogen-bond donors (Lipinski definition) is 2. The maximum absolute atomic E-state index is 12.0. The average molecular weight is 461 g/mol. The summed E-state index contributed by atoms with van der Waals surface area (Å²) in [7, 11) is 0. The number of hydrogen-bond acceptors (Lipinski definition) is 11. The van der Waals surface area contributed by atoms with E-state index in [4.69, 9.17) is 24.7 Å². The lowest BCUT2D eigenvalue weighted by Gasteiger charge is -2.24. The van der Waals surface area contributed by atoms with E-state index in [0.717, 1.165) is 0 Å². The van der Waals surface area contributed by atoms with Crippen molar-refractivity contribution >= 4 is 23.3 Å². The zero-order chi connectivity index (χ0) is 24.4. The summed E-state index contributed by atoms with van der Waals surface area (Å²) in [4.78, 5) is 27.8.